The highest BCUT2D eigenvalue weighted by Crippen LogP contribution is 2.10. The van der Waals surface area contributed by atoms with Crippen molar-refractivity contribution in [1.82, 2.24) is 15.5 Å². The SMILES string of the molecule is CCCNCc1ccc(N(CCCOC)CCOC)nn1. The van der Waals surface area contributed by atoms with Gasteiger partial charge in [-0.3, -0.25) is 0 Å². The maximum atomic E-state index is 5.16. The van der Waals surface area contributed by atoms with Gasteiger partial charge in [-0.2, -0.15) is 5.10 Å². The summed E-state index contributed by atoms with van der Waals surface area (Å²) in [6.45, 7) is 7.03. The Morgan fingerprint density at radius 3 is 2.52 bits per heavy atom. The number of hydrogen-bond donors (Lipinski definition) is 1. The highest BCUT2D eigenvalue weighted by molar-refractivity contribution is 5.37. The second-order valence-corrected chi connectivity index (χ2v) is 4.89. The molecular formula is C15H28N4O2. The summed E-state index contributed by atoms with van der Waals surface area (Å²) in [5.41, 5.74) is 0.968. The van der Waals surface area contributed by atoms with Crippen molar-refractivity contribution in [2.75, 3.05) is 52.0 Å². The molecule has 6 heteroatoms. The van der Waals surface area contributed by atoms with Crippen LogP contribution in [0.5, 0.6) is 0 Å². The van der Waals surface area contributed by atoms with Crippen LogP contribution < -0.4 is 10.2 Å². The van der Waals surface area contributed by atoms with Crippen molar-refractivity contribution in [2.45, 2.75) is 26.3 Å². The van der Waals surface area contributed by atoms with E-state index in [1.807, 2.05) is 12.1 Å². The Bertz CT molecular complexity index is 359. The Kier molecular flexibility index (Phi) is 9.69. The number of anilines is 1. The third kappa shape index (κ3) is 7.36. The first kappa shape index (κ1) is 17.8. The summed E-state index contributed by atoms with van der Waals surface area (Å²) >= 11 is 0. The predicted octanol–water partition coefficient (Wildman–Crippen LogP) is 1.47. The third-order valence-electron chi connectivity index (χ3n) is 3.10. The molecule has 0 atom stereocenters. The molecule has 0 spiro atoms. The Balaban J connectivity index is 2.55. The van der Waals surface area contributed by atoms with Crippen molar-refractivity contribution < 1.29 is 9.47 Å². The molecule has 0 fully saturated rings. The van der Waals surface area contributed by atoms with E-state index in [0.29, 0.717) is 6.61 Å². The van der Waals surface area contributed by atoms with Crippen LogP contribution in [-0.2, 0) is 16.0 Å². The molecule has 0 saturated heterocycles. The molecule has 0 unspecified atom stereocenters. The number of nitrogens with zero attached hydrogens (tertiary/aromatic N) is 3. The summed E-state index contributed by atoms with van der Waals surface area (Å²) in [6.07, 6.45) is 2.08. The molecular weight excluding hydrogens is 268 g/mol. The number of rotatable bonds is 12. The normalized spacial score (nSPS) is 10.8. The van der Waals surface area contributed by atoms with Crippen LogP contribution in [0.15, 0.2) is 12.1 Å². The maximum absolute atomic E-state index is 5.16. The third-order valence-corrected chi connectivity index (χ3v) is 3.10. The molecule has 21 heavy (non-hydrogen) atoms. The van der Waals surface area contributed by atoms with Gasteiger partial charge in [0.2, 0.25) is 0 Å². The molecule has 0 aliphatic heterocycles. The second kappa shape index (κ2) is 11.4. The highest BCUT2D eigenvalue weighted by atomic mass is 16.5. The average Bonchev–Trinajstić information content (AvgIpc) is 2.52. The minimum atomic E-state index is 0.675. The topological polar surface area (TPSA) is 59.5 Å². The summed E-state index contributed by atoms with van der Waals surface area (Å²) in [7, 11) is 3.43. The van der Waals surface area contributed by atoms with Crippen LogP contribution >= 0.6 is 0 Å². The molecule has 0 aliphatic carbocycles. The number of aromatic nitrogens is 2. The van der Waals surface area contributed by atoms with Gasteiger partial charge in [-0.15, -0.1) is 5.10 Å². The molecule has 1 aromatic rings. The molecule has 1 rings (SSSR count). The molecule has 1 N–H and O–H groups in total. The largest absolute Gasteiger partial charge is 0.385 e. The first-order valence-electron chi connectivity index (χ1n) is 7.58. The maximum Gasteiger partial charge on any atom is 0.151 e. The smallest absolute Gasteiger partial charge is 0.151 e. The van der Waals surface area contributed by atoms with E-state index in [4.69, 9.17) is 9.47 Å². The summed E-state index contributed by atoms with van der Waals surface area (Å²) in [5, 5.41) is 11.9. The summed E-state index contributed by atoms with van der Waals surface area (Å²) in [4.78, 5) is 2.18. The lowest BCUT2D eigenvalue weighted by Gasteiger charge is -2.22. The average molecular weight is 296 g/mol. The molecule has 120 valence electrons. The van der Waals surface area contributed by atoms with Gasteiger partial charge in [-0.05, 0) is 31.5 Å². The van der Waals surface area contributed by atoms with Gasteiger partial charge in [-0.1, -0.05) is 6.92 Å². The van der Waals surface area contributed by atoms with Gasteiger partial charge in [0.25, 0.3) is 0 Å². The molecule has 0 amide bonds. The molecule has 6 nitrogen and oxygen atoms in total. The Morgan fingerprint density at radius 2 is 1.90 bits per heavy atom. The monoisotopic (exact) mass is 296 g/mol. The fourth-order valence-electron chi connectivity index (χ4n) is 1.95. The van der Waals surface area contributed by atoms with Gasteiger partial charge in [0.05, 0.1) is 12.3 Å². The minimum absolute atomic E-state index is 0.675. The van der Waals surface area contributed by atoms with Gasteiger partial charge >= 0.3 is 0 Å². The lowest BCUT2D eigenvalue weighted by Crippen LogP contribution is -2.30. The summed E-state index contributed by atoms with van der Waals surface area (Å²) in [5.74, 6) is 0.891. The van der Waals surface area contributed by atoms with E-state index in [1.54, 1.807) is 14.2 Å². The number of methoxy groups -OCH3 is 2. The Hall–Kier alpha value is -1.24. The lowest BCUT2D eigenvalue weighted by atomic mass is 10.3. The van der Waals surface area contributed by atoms with Crippen LogP contribution in [0.3, 0.4) is 0 Å². The number of ether oxygens (including phenoxy) is 2. The van der Waals surface area contributed by atoms with Crippen molar-refractivity contribution in [3.8, 4) is 0 Å². The van der Waals surface area contributed by atoms with E-state index in [9.17, 15) is 0 Å². The van der Waals surface area contributed by atoms with E-state index in [2.05, 4.69) is 27.3 Å². The van der Waals surface area contributed by atoms with Crippen molar-refractivity contribution in [3.63, 3.8) is 0 Å². The van der Waals surface area contributed by atoms with Crippen LogP contribution in [0.2, 0.25) is 0 Å². The minimum Gasteiger partial charge on any atom is -0.385 e. The van der Waals surface area contributed by atoms with Gasteiger partial charge in [0, 0.05) is 40.5 Å². The molecule has 0 aliphatic rings. The van der Waals surface area contributed by atoms with E-state index in [-0.39, 0.29) is 0 Å². The van der Waals surface area contributed by atoms with E-state index in [1.165, 1.54) is 0 Å². The molecule has 0 aromatic carbocycles. The van der Waals surface area contributed by atoms with Crippen LogP contribution in [0, 0.1) is 0 Å². The van der Waals surface area contributed by atoms with E-state index < -0.39 is 0 Å². The standard InChI is InChI=1S/C15H28N4O2/c1-4-8-16-13-14-6-7-15(18-17-14)19(10-12-21-3)9-5-11-20-2/h6-7,16H,4-5,8-13H2,1-3H3. The zero-order valence-corrected chi connectivity index (χ0v) is 13.5. The van der Waals surface area contributed by atoms with Crippen LogP contribution in [0.4, 0.5) is 5.82 Å². The van der Waals surface area contributed by atoms with E-state index in [0.717, 1.165) is 57.1 Å². The van der Waals surface area contributed by atoms with Gasteiger partial charge < -0.3 is 19.7 Å². The number of hydrogen-bond acceptors (Lipinski definition) is 6. The van der Waals surface area contributed by atoms with Crippen molar-refractivity contribution >= 4 is 5.82 Å². The fraction of sp³-hybridized carbons (Fsp3) is 0.733. The predicted molar refractivity (Wildman–Crippen MR) is 84.6 cm³/mol. The van der Waals surface area contributed by atoms with Crippen LogP contribution in [0.25, 0.3) is 0 Å². The quantitative estimate of drug-likeness (QED) is 0.589. The molecule has 0 saturated carbocycles. The fourth-order valence-corrected chi connectivity index (χ4v) is 1.95. The van der Waals surface area contributed by atoms with Gasteiger partial charge in [-0.25, -0.2) is 0 Å². The molecule has 1 heterocycles. The second-order valence-electron chi connectivity index (χ2n) is 4.89. The summed E-state index contributed by atoms with van der Waals surface area (Å²) < 4.78 is 10.3. The van der Waals surface area contributed by atoms with Crippen LogP contribution in [0.1, 0.15) is 25.5 Å². The van der Waals surface area contributed by atoms with Crippen molar-refractivity contribution in [3.05, 3.63) is 17.8 Å². The molecule has 0 radical (unpaired) electrons. The molecule has 1 aromatic heterocycles. The van der Waals surface area contributed by atoms with Crippen LogP contribution in [-0.4, -0.2) is 57.3 Å². The first-order chi connectivity index (χ1) is 10.3. The zero-order chi connectivity index (χ0) is 15.3. The van der Waals surface area contributed by atoms with E-state index >= 15 is 0 Å². The number of nitrogens with one attached hydrogen (secondary N) is 1. The highest BCUT2D eigenvalue weighted by Gasteiger charge is 2.08. The zero-order valence-electron chi connectivity index (χ0n) is 13.5. The van der Waals surface area contributed by atoms with Crippen molar-refractivity contribution in [2.24, 2.45) is 0 Å². The Labute approximate surface area is 127 Å². The molecule has 0 bridgehead atoms. The van der Waals surface area contributed by atoms with Crippen molar-refractivity contribution in [1.29, 1.82) is 0 Å². The summed E-state index contributed by atoms with van der Waals surface area (Å²) in [6, 6.07) is 4.06. The van der Waals surface area contributed by atoms with Gasteiger partial charge in [0.15, 0.2) is 5.82 Å². The lowest BCUT2D eigenvalue weighted by molar-refractivity contribution is 0.191. The first-order valence-corrected chi connectivity index (χ1v) is 7.58. The Morgan fingerprint density at radius 1 is 1.10 bits per heavy atom. The van der Waals surface area contributed by atoms with Gasteiger partial charge in [0.1, 0.15) is 0 Å².